The molecule has 0 unspecified atom stereocenters. The number of piperidine rings is 2. The molecule has 6 heteroatoms. The van der Waals surface area contributed by atoms with E-state index < -0.39 is 0 Å². The molecule has 0 spiro atoms. The first kappa shape index (κ1) is 21.0. The van der Waals surface area contributed by atoms with Crippen LogP contribution >= 0.6 is 0 Å². The Bertz CT molecular complexity index is 579. The number of rotatable bonds is 7. The predicted octanol–water partition coefficient (Wildman–Crippen LogP) is 2.97. The monoisotopic (exact) mass is 384 g/mol. The zero-order valence-corrected chi connectivity index (χ0v) is 17.6. The maximum absolute atomic E-state index is 9.54. The van der Waals surface area contributed by atoms with Gasteiger partial charge in [0.25, 0.3) is 0 Å². The highest BCUT2D eigenvalue weighted by molar-refractivity contribution is 5.32. The first-order chi connectivity index (χ1) is 13.7. The van der Waals surface area contributed by atoms with E-state index in [0.717, 1.165) is 51.3 Å². The van der Waals surface area contributed by atoms with E-state index in [0.29, 0.717) is 6.04 Å². The van der Waals surface area contributed by atoms with Crippen LogP contribution in [0.2, 0.25) is 0 Å². The molecule has 6 nitrogen and oxygen atoms in total. The molecule has 3 aliphatic heterocycles. The van der Waals surface area contributed by atoms with Crippen LogP contribution in [0.5, 0.6) is 0 Å². The molecule has 0 aromatic carbocycles. The topological polar surface area (TPSA) is 41.1 Å². The standard InChI is InChI=1S/C22H36N6/c1-24-21(19-23)22(25(2)11-8-14-26-12-4-3-5-13-26)28-17-9-20(10-18-28)27-15-6-7-16-27/h20H,3-18H2,2H3/b22-21+. The molecular weight excluding hydrogens is 348 g/mol. The van der Waals surface area contributed by atoms with Crippen molar-refractivity contribution in [2.45, 2.75) is 57.4 Å². The molecule has 3 saturated heterocycles. The number of likely N-dealkylation sites (tertiary alicyclic amines) is 3. The van der Waals surface area contributed by atoms with Crippen molar-refractivity contribution in [3.63, 3.8) is 0 Å². The normalized spacial score (nSPS) is 23.2. The molecule has 154 valence electrons. The first-order valence-corrected chi connectivity index (χ1v) is 11.2. The lowest BCUT2D eigenvalue weighted by atomic mass is 10.0. The van der Waals surface area contributed by atoms with Gasteiger partial charge in [-0.3, -0.25) is 0 Å². The first-order valence-electron chi connectivity index (χ1n) is 11.2. The van der Waals surface area contributed by atoms with Crippen LogP contribution in [0.15, 0.2) is 11.5 Å². The largest absolute Gasteiger partial charge is 0.369 e. The van der Waals surface area contributed by atoms with Crippen LogP contribution in [0, 0.1) is 17.9 Å². The summed E-state index contributed by atoms with van der Waals surface area (Å²) in [6.45, 7) is 16.4. The molecule has 0 amide bonds. The van der Waals surface area contributed by atoms with Crippen molar-refractivity contribution < 1.29 is 0 Å². The van der Waals surface area contributed by atoms with Gasteiger partial charge in [-0.15, -0.1) is 0 Å². The van der Waals surface area contributed by atoms with Gasteiger partial charge >= 0.3 is 5.70 Å². The van der Waals surface area contributed by atoms with E-state index in [9.17, 15) is 5.26 Å². The maximum Gasteiger partial charge on any atom is 0.300 e. The van der Waals surface area contributed by atoms with Crippen LogP contribution < -0.4 is 0 Å². The third kappa shape index (κ3) is 5.40. The summed E-state index contributed by atoms with van der Waals surface area (Å²) in [4.78, 5) is 13.2. The Morgan fingerprint density at radius 1 is 1.04 bits per heavy atom. The Balaban J connectivity index is 1.56. The Kier molecular flexibility index (Phi) is 8.01. The maximum atomic E-state index is 9.54. The van der Waals surface area contributed by atoms with Gasteiger partial charge in [0.2, 0.25) is 0 Å². The number of nitriles is 1. The van der Waals surface area contributed by atoms with Gasteiger partial charge in [-0.1, -0.05) is 6.42 Å². The fourth-order valence-electron chi connectivity index (χ4n) is 5.07. The average molecular weight is 385 g/mol. The smallest absolute Gasteiger partial charge is 0.300 e. The molecule has 28 heavy (non-hydrogen) atoms. The summed E-state index contributed by atoms with van der Waals surface area (Å²) in [7, 11) is 2.06. The SMILES string of the molecule is [C-]#[N+]/C(C#N)=C(\N(C)CCCN1CCCCC1)N1CCC(N2CCCC2)CC1. The van der Waals surface area contributed by atoms with Crippen LogP contribution in [0.4, 0.5) is 0 Å². The minimum absolute atomic E-state index is 0.250. The van der Waals surface area contributed by atoms with E-state index >= 15 is 0 Å². The zero-order valence-electron chi connectivity index (χ0n) is 17.6. The molecule has 0 aliphatic carbocycles. The number of hydrogen-bond donors (Lipinski definition) is 0. The van der Waals surface area contributed by atoms with Crippen molar-refractivity contribution in [3.8, 4) is 6.07 Å². The Hall–Kier alpha value is -1.76. The van der Waals surface area contributed by atoms with Crippen molar-refractivity contribution in [2.24, 2.45) is 0 Å². The van der Waals surface area contributed by atoms with Crippen molar-refractivity contribution in [2.75, 3.05) is 59.4 Å². The van der Waals surface area contributed by atoms with Crippen LogP contribution in [0.1, 0.15) is 51.4 Å². The van der Waals surface area contributed by atoms with Gasteiger partial charge in [-0.05, 0) is 77.7 Å². The highest BCUT2D eigenvalue weighted by atomic mass is 15.3. The van der Waals surface area contributed by atoms with Crippen molar-refractivity contribution in [1.29, 1.82) is 5.26 Å². The Morgan fingerprint density at radius 2 is 1.68 bits per heavy atom. The Morgan fingerprint density at radius 3 is 2.29 bits per heavy atom. The molecule has 0 bridgehead atoms. The average Bonchev–Trinajstić information content (AvgIpc) is 3.28. The lowest BCUT2D eigenvalue weighted by Crippen LogP contribution is -2.46. The molecule has 0 radical (unpaired) electrons. The molecule has 0 atom stereocenters. The number of allylic oxidation sites excluding steroid dienone is 1. The number of nitrogens with zero attached hydrogens (tertiary/aromatic N) is 6. The third-order valence-corrected chi connectivity index (χ3v) is 6.63. The van der Waals surface area contributed by atoms with E-state index in [-0.39, 0.29) is 5.70 Å². The molecule has 3 heterocycles. The summed E-state index contributed by atoms with van der Waals surface area (Å²) in [5.74, 6) is 0.857. The molecule has 3 rings (SSSR count). The van der Waals surface area contributed by atoms with Crippen molar-refractivity contribution in [1.82, 2.24) is 19.6 Å². The molecule has 3 fully saturated rings. The fraction of sp³-hybridized carbons (Fsp3) is 0.818. The van der Waals surface area contributed by atoms with Gasteiger partial charge in [0, 0.05) is 32.7 Å². The summed E-state index contributed by atoms with van der Waals surface area (Å²) in [6, 6.07) is 2.84. The summed E-state index contributed by atoms with van der Waals surface area (Å²) in [5.41, 5.74) is 0.250. The van der Waals surface area contributed by atoms with E-state index in [2.05, 4.69) is 37.6 Å². The molecule has 3 aliphatic rings. The van der Waals surface area contributed by atoms with Gasteiger partial charge in [0.1, 0.15) is 5.82 Å². The zero-order chi connectivity index (χ0) is 19.8. The second kappa shape index (κ2) is 10.7. The molecule has 0 saturated carbocycles. The summed E-state index contributed by atoms with van der Waals surface area (Å²) in [6.07, 6.45) is 10.0. The van der Waals surface area contributed by atoms with E-state index in [1.165, 1.54) is 58.3 Å². The van der Waals surface area contributed by atoms with Gasteiger partial charge < -0.3 is 19.6 Å². The lowest BCUT2D eigenvalue weighted by molar-refractivity contribution is 0.122. The third-order valence-electron chi connectivity index (χ3n) is 6.63. The molecular formula is C22H36N6. The second-order valence-electron chi connectivity index (χ2n) is 8.53. The Labute approximate surface area is 171 Å². The van der Waals surface area contributed by atoms with Crippen LogP contribution in [0.25, 0.3) is 4.85 Å². The minimum atomic E-state index is 0.250. The number of hydrogen-bond acceptors (Lipinski definition) is 5. The highest BCUT2D eigenvalue weighted by Gasteiger charge is 2.29. The predicted molar refractivity (Wildman–Crippen MR) is 112 cm³/mol. The fourth-order valence-corrected chi connectivity index (χ4v) is 5.07. The van der Waals surface area contributed by atoms with Crippen LogP contribution in [0.3, 0.4) is 0 Å². The quantitative estimate of drug-likeness (QED) is 0.499. The van der Waals surface area contributed by atoms with E-state index in [4.69, 9.17) is 6.57 Å². The minimum Gasteiger partial charge on any atom is -0.369 e. The van der Waals surface area contributed by atoms with E-state index in [1.54, 1.807) is 0 Å². The lowest BCUT2D eigenvalue weighted by Gasteiger charge is -2.41. The molecule has 0 aromatic heterocycles. The second-order valence-corrected chi connectivity index (χ2v) is 8.53. The summed E-state index contributed by atoms with van der Waals surface area (Å²) < 4.78 is 0. The van der Waals surface area contributed by atoms with Gasteiger partial charge in [0.15, 0.2) is 0 Å². The van der Waals surface area contributed by atoms with Crippen LogP contribution in [-0.2, 0) is 0 Å². The summed E-state index contributed by atoms with van der Waals surface area (Å²) in [5, 5.41) is 9.54. The highest BCUT2D eigenvalue weighted by Crippen LogP contribution is 2.25. The van der Waals surface area contributed by atoms with Gasteiger partial charge in [-0.2, -0.15) is 0 Å². The van der Waals surface area contributed by atoms with E-state index in [1.807, 2.05) is 0 Å². The van der Waals surface area contributed by atoms with Gasteiger partial charge in [-0.25, -0.2) is 10.1 Å². The van der Waals surface area contributed by atoms with Crippen LogP contribution in [-0.4, -0.2) is 85.0 Å². The molecule has 0 aromatic rings. The van der Waals surface area contributed by atoms with Crippen molar-refractivity contribution in [3.05, 3.63) is 22.9 Å². The van der Waals surface area contributed by atoms with Gasteiger partial charge in [0.05, 0.1) is 12.6 Å². The molecule has 0 N–H and O–H groups in total. The summed E-state index contributed by atoms with van der Waals surface area (Å²) >= 11 is 0. The van der Waals surface area contributed by atoms with Crippen molar-refractivity contribution >= 4 is 0 Å².